The first-order valence-electron chi connectivity index (χ1n) is 6.76. The highest BCUT2D eigenvalue weighted by molar-refractivity contribution is 5.54. The van der Waals surface area contributed by atoms with Gasteiger partial charge >= 0.3 is 0 Å². The Kier molecular flexibility index (Phi) is 6.78. The van der Waals surface area contributed by atoms with Crippen LogP contribution >= 0.6 is 0 Å². The minimum Gasteiger partial charge on any atom is -0.507 e. The largest absolute Gasteiger partial charge is 0.507 e. The second kappa shape index (κ2) is 8.09. The molecule has 5 nitrogen and oxygen atoms in total. The molecule has 0 bridgehead atoms. The Morgan fingerprint density at radius 2 is 1.90 bits per heavy atom. The number of benzene rings is 1. The number of phenols is 1. The minimum atomic E-state index is -0.687. The molecule has 0 saturated carbocycles. The number of hydrogen-bond donors (Lipinski definition) is 2. The zero-order valence-corrected chi connectivity index (χ0v) is 12.7. The molecule has 0 fully saturated rings. The predicted molar refractivity (Wildman–Crippen MR) is 79.3 cm³/mol. The number of nitrogens with zero attached hydrogens (tertiary/aromatic N) is 1. The lowest BCUT2D eigenvalue weighted by molar-refractivity contribution is 0.171. The van der Waals surface area contributed by atoms with Gasteiger partial charge in [0.1, 0.15) is 5.75 Å². The highest BCUT2D eigenvalue weighted by Crippen LogP contribution is 2.29. The molecule has 0 heterocycles. The van der Waals surface area contributed by atoms with Crippen LogP contribution in [0.1, 0.15) is 25.5 Å². The zero-order chi connectivity index (χ0) is 15.1. The monoisotopic (exact) mass is 283 g/mol. The van der Waals surface area contributed by atoms with E-state index in [0.717, 1.165) is 5.69 Å². The Balaban J connectivity index is 2.97. The van der Waals surface area contributed by atoms with Crippen molar-refractivity contribution in [3.63, 3.8) is 0 Å². The molecule has 114 valence electrons. The molecule has 0 aromatic heterocycles. The van der Waals surface area contributed by atoms with Gasteiger partial charge in [-0.3, -0.25) is 0 Å². The number of rotatable bonds is 8. The van der Waals surface area contributed by atoms with Gasteiger partial charge in [-0.25, -0.2) is 0 Å². The first-order chi connectivity index (χ1) is 9.51. The van der Waals surface area contributed by atoms with E-state index in [1.807, 2.05) is 6.07 Å². The third kappa shape index (κ3) is 4.37. The average Bonchev–Trinajstić information content (AvgIpc) is 2.39. The van der Waals surface area contributed by atoms with Crippen LogP contribution in [0, 0.1) is 0 Å². The number of anilines is 1. The van der Waals surface area contributed by atoms with E-state index in [4.69, 9.17) is 9.47 Å². The van der Waals surface area contributed by atoms with Crippen LogP contribution in [0.5, 0.6) is 5.75 Å². The van der Waals surface area contributed by atoms with Gasteiger partial charge in [-0.05, 0) is 19.9 Å². The molecule has 0 saturated heterocycles. The number of aromatic hydroxyl groups is 1. The molecule has 20 heavy (non-hydrogen) atoms. The molecular weight excluding hydrogens is 258 g/mol. The fourth-order valence-electron chi connectivity index (χ4n) is 2.19. The number of methoxy groups -OCH3 is 2. The zero-order valence-electron chi connectivity index (χ0n) is 12.7. The van der Waals surface area contributed by atoms with E-state index >= 15 is 0 Å². The summed E-state index contributed by atoms with van der Waals surface area (Å²) in [7, 11) is 3.33. The smallest absolute Gasteiger partial charge is 0.123 e. The lowest BCUT2D eigenvalue weighted by Gasteiger charge is -2.31. The van der Waals surface area contributed by atoms with Gasteiger partial charge in [-0.1, -0.05) is 6.07 Å². The van der Waals surface area contributed by atoms with Crippen molar-refractivity contribution in [3.05, 3.63) is 23.8 Å². The molecule has 0 radical (unpaired) electrons. The van der Waals surface area contributed by atoms with Crippen LogP contribution in [0.2, 0.25) is 0 Å². The van der Waals surface area contributed by atoms with E-state index in [2.05, 4.69) is 11.8 Å². The molecule has 0 amide bonds. The van der Waals surface area contributed by atoms with E-state index in [1.165, 1.54) is 0 Å². The van der Waals surface area contributed by atoms with Gasteiger partial charge in [0.2, 0.25) is 0 Å². The SMILES string of the molecule is COCCN(c1ccc(C(C)O)c(O)c1)C(C)COC. The highest BCUT2D eigenvalue weighted by Gasteiger charge is 2.16. The number of aliphatic hydroxyl groups excluding tert-OH is 1. The van der Waals surface area contributed by atoms with Crippen molar-refractivity contribution < 1.29 is 19.7 Å². The van der Waals surface area contributed by atoms with E-state index in [9.17, 15) is 10.2 Å². The molecular formula is C15H25NO4. The summed E-state index contributed by atoms with van der Waals surface area (Å²) in [5.41, 5.74) is 1.41. The van der Waals surface area contributed by atoms with E-state index in [-0.39, 0.29) is 11.8 Å². The molecule has 5 heteroatoms. The molecule has 0 aliphatic carbocycles. The first-order valence-corrected chi connectivity index (χ1v) is 6.76. The van der Waals surface area contributed by atoms with Crippen molar-refractivity contribution in [2.24, 2.45) is 0 Å². The Labute approximate surface area is 120 Å². The van der Waals surface area contributed by atoms with Crippen LogP contribution in [0.4, 0.5) is 5.69 Å². The van der Waals surface area contributed by atoms with Crippen LogP contribution < -0.4 is 4.90 Å². The van der Waals surface area contributed by atoms with Gasteiger partial charge in [0.05, 0.1) is 19.3 Å². The second-order valence-electron chi connectivity index (χ2n) is 4.91. The van der Waals surface area contributed by atoms with Gasteiger partial charge in [-0.2, -0.15) is 0 Å². The van der Waals surface area contributed by atoms with E-state index < -0.39 is 6.10 Å². The van der Waals surface area contributed by atoms with Crippen molar-refractivity contribution >= 4 is 5.69 Å². The first kappa shape index (κ1) is 16.8. The third-order valence-electron chi connectivity index (χ3n) is 3.27. The van der Waals surface area contributed by atoms with Gasteiger partial charge in [0.15, 0.2) is 0 Å². The van der Waals surface area contributed by atoms with Crippen LogP contribution in [-0.2, 0) is 9.47 Å². The fourth-order valence-corrected chi connectivity index (χ4v) is 2.19. The summed E-state index contributed by atoms with van der Waals surface area (Å²) in [6.45, 7) is 5.56. The summed E-state index contributed by atoms with van der Waals surface area (Å²) in [5.74, 6) is 0.101. The maximum atomic E-state index is 10.00. The lowest BCUT2D eigenvalue weighted by Crippen LogP contribution is -2.38. The van der Waals surface area contributed by atoms with Gasteiger partial charge < -0.3 is 24.6 Å². The van der Waals surface area contributed by atoms with Crippen LogP contribution in [-0.4, -0.2) is 50.2 Å². The second-order valence-corrected chi connectivity index (χ2v) is 4.91. The molecule has 0 spiro atoms. The van der Waals surface area contributed by atoms with Crippen LogP contribution in [0.25, 0.3) is 0 Å². The highest BCUT2D eigenvalue weighted by atomic mass is 16.5. The molecule has 2 unspecified atom stereocenters. The molecule has 1 rings (SSSR count). The normalized spacial score (nSPS) is 14.1. The number of ether oxygens (including phenoxy) is 2. The van der Waals surface area contributed by atoms with Gasteiger partial charge in [0.25, 0.3) is 0 Å². The van der Waals surface area contributed by atoms with Crippen LogP contribution in [0.15, 0.2) is 18.2 Å². The van der Waals surface area contributed by atoms with Crippen molar-refractivity contribution in [2.75, 3.05) is 38.9 Å². The molecule has 0 aliphatic rings. The van der Waals surface area contributed by atoms with Crippen molar-refractivity contribution in [3.8, 4) is 5.75 Å². The standard InChI is InChI=1S/C15H25NO4/c1-11(10-20-4)16(7-8-19-3)13-5-6-14(12(2)17)15(18)9-13/h5-6,9,11-12,17-18H,7-8,10H2,1-4H3. The summed E-state index contributed by atoms with van der Waals surface area (Å²) in [5, 5.41) is 19.6. The molecule has 1 aromatic rings. The Hall–Kier alpha value is -1.30. The van der Waals surface area contributed by atoms with Gasteiger partial charge in [0, 0.05) is 44.1 Å². The van der Waals surface area contributed by atoms with E-state index in [1.54, 1.807) is 33.3 Å². The Bertz CT molecular complexity index is 409. The van der Waals surface area contributed by atoms with Crippen molar-refractivity contribution in [1.29, 1.82) is 0 Å². The van der Waals surface area contributed by atoms with Crippen molar-refractivity contribution in [1.82, 2.24) is 0 Å². The van der Waals surface area contributed by atoms with Crippen LogP contribution in [0.3, 0.4) is 0 Å². The molecule has 0 aliphatic heterocycles. The minimum absolute atomic E-state index is 0.101. The summed E-state index contributed by atoms with van der Waals surface area (Å²) < 4.78 is 10.3. The summed E-state index contributed by atoms with van der Waals surface area (Å²) in [6.07, 6.45) is -0.687. The van der Waals surface area contributed by atoms with Crippen molar-refractivity contribution in [2.45, 2.75) is 26.0 Å². The summed E-state index contributed by atoms with van der Waals surface area (Å²) in [4.78, 5) is 2.11. The third-order valence-corrected chi connectivity index (χ3v) is 3.27. The molecule has 1 aromatic carbocycles. The maximum absolute atomic E-state index is 10.00. The maximum Gasteiger partial charge on any atom is 0.123 e. The number of hydrogen-bond acceptors (Lipinski definition) is 5. The lowest BCUT2D eigenvalue weighted by atomic mass is 10.1. The fraction of sp³-hybridized carbons (Fsp3) is 0.600. The number of phenolic OH excluding ortho intramolecular Hbond substituents is 1. The Morgan fingerprint density at radius 3 is 2.40 bits per heavy atom. The quantitative estimate of drug-likeness (QED) is 0.763. The summed E-state index contributed by atoms with van der Waals surface area (Å²) >= 11 is 0. The predicted octanol–water partition coefficient (Wildman–Crippen LogP) is 1.93. The van der Waals surface area contributed by atoms with Gasteiger partial charge in [-0.15, -0.1) is 0 Å². The topological polar surface area (TPSA) is 62.2 Å². The molecule has 2 N–H and O–H groups in total. The number of aliphatic hydroxyl groups is 1. The average molecular weight is 283 g/mol. The molecule has 2 atom stereocenters. The summed E-state index contributed by atoms with van der Waals surface area (Å²) in [6, 6.07) is 5.47. The Morgan fingerprint density at radius 1 is 1.20 bits per heavy atom. The van der Waals surface area contributed by atoms with E-state index in [0.29, 0.717) is 25.3 Å².